The van der Waals surface area contributed by atoms with E-state index >= 15 is 0 Å². The van der Waals surface area contributed by atoms with Gasteiger partial charge < -0.3 is 10.0 Å². The number of amides is 1. The largest absolute Gasteiger partial charge is 0.481 e. The number of fused-ring (bicyclic) bond motifs is 1. The lowest BCUT2D eigenvalue weighted by Crippen LogP contribution is -2.35. The van der Waals surface area contributed by atoms with Gasteiger partial charge in [0.15, 0.2) is 0 Å². The van der Waals surface area contributed by atoms with Crippen LogP contribution in [-0.2, 0) is 22.4 Å². The lowest BCUT2D eigenvalue weighted by atomic mass is 9.97. The highest BCUT2D eigenvalue weighted by atomic mass is 16.4. The molecular formula is C17H23NO3. The number of benzene rings is 1. The van der Waals surface area contributed by atoms with Crippen molar-refractivity contribution in [3.8, 4) is 0 Å². The summed E-state index contributed by atoms with van der Waals surface area (Å²) in [6, 6.07) is 6.19. The van der Waals surface area contributed by atoms with Crippen LogP contribution in [-0.4, -0.2) is 23.5 Å². The zero-order valence-electron chi connectivity index (χ0n) is 12.6. The minimum Gasteiger partial charge on any atom is -0.481 e. The Labute approximate surface area is 125 Å². The minimum atomic E-state index is -0.746. The highest BCUT2D eigenvalue weighted by Crippen LogP contribution is 2.29. The number of aryl methyl sites for hydroxylation is 2. The molecule has 1 aromatic rings. The van der Waals surface area contributed by atoms with Gasteiger partial charge >= 0.3 is 5.97 Å². The van der Waals surface area contributed by atoms with Crippen LogP contribution in [0.3, 0.4) is 0 Å². The molecule has 0 aliphatic carbocycles. The second-order valence-electron chi connectivity index (χ2n) is 5.61. The van der Waals surface area contributed by atoms with Gasteiger partial charge in [0.1, 0.15) is 0 Å². The Bertz CT molecular complexity index is 525. The molecule has 0 spiro atoms. The number of nitrogens with zero attached hydrogens (tertiary/aromatic N) is 1. The summed E-state index contributed by atoms with van der Waals surface area (Å²) in [6.07, 6.45) is 5.12. The molecule has 4 heteroatoms. The molecular weight excluding hydrogens is 266 g/mol. The van der Waals surface area contributed by atoms with Crippen LogP contribution in [0, 0.1) is 0 Å². The Morgan fingerprint density at radius 3 is 2.81 bits per heavy atom. The van der Waals surface area contributed by atoms with Gasteiger partial charge in [0, 0.05) is 25.1 Å². The topological polar surface area (TPSA) is 57.6 Å². The molecule has 1 N–H and O–H groups in total. The summed E-state index contributed by atoms with van der Waals surface area (Å²) in [4.78, 5) is 24.6. The molecule has 1 heterocycles. The predicted octanol–water partition coefficient (Wildman–Crippen LogP) is 3.17. The fraction of sp³-hybridized carbons (Fsp3) is 0.529. The third-order valence-electron chi connectivity index (χ3n) is 3.88. The van der Waals surface area contributed by atoms with Crippen LogP contribution >= 0.6 is 0 Å². The van der Waals surface area contributed by atoms with Crippen molar-refractivity contribution in [2.75, 3.05) is 11.4 Å². The Hall–Kier alpha value is -1.84. The maximum Gasteiger partial charge on any atom is 0.303 e. The first-order valence-corrected chi connectivity index (χ1v) is 7.75. The van der Waals surface area contributed by atoms with Crippen molar-refractivity contribution in [2.24, 2.45) is 0 Å². The van der Waals surface area contributed by atoms with Gasteiger partial charge in [0.05, 0.1) is 0 Å². The summed E-state index contributed by atoms with van der Waals surface area (Å²) >= 11 is 0. The van der Waals surface area contributed by atoms with Crippen LogP contribution in [0.2, 0.25) is 0 Å². The van der Waals surface area contributed by atoms with E-state index in [2.05, 4.69) is 6.07 Å². The van der Waals surface area contributed by atoms with E-state index < -0.39 is 5.97 Å². The number of rotatable bonds is 6. The summed E-state index contributed by atoms with van der Waals surface area (Å²) in [7, 11) is 0. The average molecular weight is 289 g/mol. The van der Waals surface area contributed by atoms with Gasteiger partial charge in [-0.1, -0.05) is 19.1 Å². The maximum atomic E-state index is 12.2. The maximum absolute atomic E-state index is 12.2. The standard InChI is InChI=1S/C17H23NO3/c1-2-5-16(19)18-11-4-7-14-12-13(9-10-15(14)18)6-3-8-17(20)21/h9-10,12H,2-8,11H2,1H3,(H,20,21). The monoisotopic (exact) mass is 289 g/mol. The summed E-state index contributed by atoms with van der Waals surface area (Å²) in [6.45, 7) is 2.83. The van der Waals surface area contributed by atoms with Gasteiger partial charge in [0.25, 0.3) is 0 Å². The molecule has 1 aromatic carbocycles. The summed E-state index contributed by atoms with van der Waals surface area (Å²) in [5.41, 5.74) is 3.43. The van der Waals surface area contributed by atoms with E-state index in [1.54, 1.807) is 0 Å². The van der Waals surface area contributed by atoms with E-state index in [1.165, 1.54) is 11.1 Å². The molecule has 2 rings (SSSR count). The number of hydrogen-bond donors (Lipinski definition) is 1. The molecule has 4 nitrogen and oxygen atoms in total. The zero-order chi connectivity index (χ0) is 15.2. The molecule has 0 fully saturated rings. The van der Waals surface area contributed by atoms with Crippen molar-refractivity contribution in [1.29, 1.82) is 0 Å². The second-order valence-corrected chi connectivity index (χ2v) is 5.61. The molecule has 1 amide bonds. The van der Waals surface area contributed by atoms with Gasteiger partial charge in [-0.05, 0) is 49.3 Å². The summed E-state index contributed by atoms with van der Waals surface area (Å²) in [5, 5.41) is 8.69. The highest BCUT2D eigenvalue weighted by molar-refractivity contribution is 5.94. The summed E-state index contributed by atoms with van der Waals surface area (Å²) < 4.78 is 0. The first-order valence-electron chi connectivity index (χ1n) is 7.75. The zero-order valence-corrected chi connectivity index (χ0v) is 12.6. The molecule has 0 bridgehead atoms. The number of carbonyl (C=O) groups is 2. The van der Waals surface area contributed by atoms with Gasteiger partial charge in [0.2, 0.25) is 5.91 Å². The second kappa shape index (κ2) is 7.25. The average Bonchev–Trinajstić information content (AvgIpc) is 2.46. The minimum absolute atomic E-state index is 0.206. The summed E-state index contributed by atoms with van der Waals surface area (Å²) in [5.74, 6) is -0.540. The lowest BCUT2D eigenvalue weighted by Gasteiger charge is -2.30. The van der Waals surface area contributed by atoms with E-state index in [4.69, 9.17) is 5.11 Å². The Kier molecular flexibility index (Phi) is 5.37. The molecule has 21 heavy (non-hydrogen) atoms. The normalized spacial score (nSPS) is 13.9. The predicted molar refractivity (Wildman–Crippen MR) is 82.6 cm³/mol. The van der Waals surface area contributed by atoms with Gasteiger partial charge in [-0.15, -0.1) is 0 Å². The first-order chi connectivity index (χ1) is 10.1. The number of aliphatic carboxylic acids is 1. The van der Waals surface area contributed by atoms with E-state index in [9.17, 15) is 9.59 Å². The Balaban J connectivity index is 2.09. The van der Waals surface area contributed by atoms with Gasteiger partial charge in [-0.3, -0.25) is 9.59 Å². The van der Waals surface area contributed by atoms with E-state index in [0.717, 1.165) is 37.9 Å². The van der Waals surface area contributed by atoms with Crippen LogP contribution in [0.1, 0.15) is 50.2 Å². The van der Waals surface area contributed by atoms with Gasteiger partial charge in [-0.25, -0.2) is 0 Å². The molecule has 0 atom stereocenters. The third-order valence-corrected chi connectivity index (χ3v) is 3.88. The number of anilines is 1. The molecule has 1 aliphatic heterocycles. The van der Waals surface area contributed by atoms with Crippen molar-refractivity contribution in [1.82, 2.24) is 0 Å². The van der Waals surface area contributed by atoms with Crippen molar-refractivity contribution in [3.05, 3.63) is 29.3 Å². The molecule has 0 saturated carbocycles. The molecule has 0 unspecified atom stereocenters. The molecule has 0 saturated heterocycles. The first kappa shape index (κ1) is 15.5. The highest BCUT2D eigenvalue weighted by Gasteiger charge is 2.21. The SMILES string of the molecule is CCCC(=O)N1CCCc2cc(CCCC(=O)O)ccc21. The number of carboxylic acid groups (broad SMARTS) is 1. The Morgan fingerprint density at radius 1 is 1.29 bits per heavy atom. The fourth-order valence-electron chi connectivity index (χ4n) is 2.86. The van der Waals surface area contributed by atoms with Crippen LogP contribution < -0.4 is 4.90 Å². The molecule has 1 aliphatic rings. The Morgan fingerprint density at radius 2 is 2.10 bits per heavy atom. The quantitative estimate of drug-likeness (QED) is 0.875. The third kappa shape index (κ3) is 4.06. The lowest BCUT2D eigenvalue weighted by molar-refractivity contribution is -0.137. The molecule has 114 valence electrons. The molecule has 0 aromatic heterocycles. The number of hydrogen-bond acceptors (Lipinski definition) is 2. The van der Waals surface area contributed by atoms with Crippen molar-refractivity contribution >= 4 is 17.6 Å². The van der Waals surface area contributed by atoms with Crippen LogP contribution in [0.5, 0.6) is 0 Å². The van der Waals surface area contributed by atoms with Crippen LogP contribution in [0.4, 0.5) is 5.69 Å². The van der Waals surface area contributed by atoms with Crippen LogP contribution in [0.15, 0.2) is 18.2 Å². The van der Waals surface area contributed by atoms with Crippen molar-refractivity contribution in [2.45, 2.75) is 51.9 Å². The molecule has 0 radical (unpaired) electrons. The van der Waals surface area contributed by atoms with Crippen molar-refractivity contribution < 1.29 is 14.7 Å². The van der Waals surface area contributed by atoms with Crippen LogP contribution in [0.25, 0.3) is 0 Å². The van der Waals surface area contributed by atoms with E-state index in [0.29, 0.717) is 12.8 Å². The smallest absolute Gasteiger partial charge is 0.303 e. The number of carboxylic acids is 1. The van der Waals surface area contributed by atoms with Crippen molar-refractivity contribution in [3.63, 3.8) is 0 Å². The fourth-order valence-corrected chi connectivity index (χ4v) is 2.86. The van der Waals surface area contributed by atoms with E-state index in [-0.39, 0.29) is 12.3 Å². The number of carbonyl (C=O) groups excluding carboxylic acids is 1. The van der Waals surface area contributed by atoms with E-state index in [1.807, 2.05) is 24.0 Å². The van der Waals surface area contributed by atoms with Gasteiger partial charge in [-0.2, -0.15) is 0 Å².